The lowest BCUT2D eigenvalue weighted by molar-refractivity contribution is -0.132. The largest absolute Gasteiger partial charge is 0.478 e. The van der Waals surface area contributed by atoms with Crippen molar-refractivity contribution in [1.82, 2.24) is 0 Å². The highest BCUT2D eigenvalue weighted by molar-refractivity contribution is 7.92. The van der Waals surface area contributed by atoms with Crippen LogP contribution in [0.3, 0.4) is 0 Å². The molecule has 1 heterocycles. The molecule has 1 aliphatic rings. The molecule has 1 aromatic carbocycles. The molecule has 19 heavy (non-hydrogen) atoms. The van der Waals surface area contributed by atoms with Crippen molar-refractivity contribution in [2.24, 2.45) is 0 Å². The number of para-hydroxylation sites is 1. The summed E-state index contributed by atoms with van der Waals surface area (Å²) in [4.78, 5) is 10.9. The SMILES string of the molecule is CC.CS(=O)(=O)N1CC(C(=O)O)=Cc2ccccc21. The van der Waals surface area contributed by atoms with Crippen molar-refractivity contribution in [3.8, 4) is 0 Å². The van der Waals surface area contributed by atoms with Gasteiger partial charge in [0.05, 0.1) is 24.1 Å². The van der Waals surface area contributed by atoms with Crippen LogP contribution in [0.1, 0.15) is 19.4 Å². The molecule has 104 valence electrons. The van der Waals surface area contributed by atoms with Crippen LogP contribution >= 0.6 is 0 Å². The van der Waals surface area contributed by atoms with E-state index in [1.165, 1.54) is 6.08 Å². The zero-order valence-electron chi connectivity index (χ0n) is 11.1. The monoisotopic (exact) mass is 283 g/mol. The van der Waals surface area contributed by atoms with Crippen LogP contribution in [-0.2, 0) is 14.8 Å². The Morgan fingerprint density at radius 1 is 1.26 bits per heavy atom. The number of benzene rings is 1. The minimum atomic E-state index is -3.48. The van der Waals surface area contributed by atoms with Gasteiger partial charge in [-0.1, -0.05) is 32.0 Å². The fourth-order valence-electron chi connectivity index (χ4n) is 1.74. The van der Waals surface area contributed by atoms with Gasteiger partial charge in [-0.25, -0.2) is 13.2 Å². The van der Waals surface area contributed by atoms with Crippen molar-refractivity contribution < 1.29 is 18.3 Å². The van der Waals surface area contributed by atoms with Crippen molar-refractivity contribution in [2.45, 2.75) is 13.8 Å². The van der Waals surface area contributed by atoms with Crippen LogP contribution in [0.4, 0.5) is 5.69 Å². The molecule has 0 fully saturated rings. The summed E-state index contributed by atoms with van der Waals surface area (Å²) in [5.41, 5.74) is 1.18. The predicted octanol–water partition coefficient (Wildman–Crippen LogP) is 1.96. The third-order valence-corrected chi connectivity index (χ3v) is 3.65. The van der Waals surface area contributed by atoms with Crippen molar-refractivity contribution >= 4 is 27.8 Å². The smallest absolute Gasteiger partial charge is 0.333 e. The number of carboxylic acid groups (broad SMARTS) is 1. The van der Waals surface area contributed by atoms with Crippen molar-refractivity contribution in [3.63, 3.8) is 0 Å². The summed E-state index contributed by atoms with van der Waals surface area (Å²) in [5, 5.41) is 8.96. The quantitative estimate of drug-likeness (QED) is 0.900. The molecule has 0 bridgehead atoms. The molecule has 0 unspecified atom stereocenters. The summed E-state index contributed by atoms with van der Waals surface area (Å²) >= 11 is 0. The van der Waals surface area contributed by atoms with Gasteiger partial charge in [0, 0.05) is 0 Å². The van der Waals surface area contributed by atoms with Gasteiger partial charge in [0.15, 0.2) is 0 Å². The Balaban J connectivity index is 0.000000861. The first-order valence-electron chi connectivity index (χ1n) is 5.90. The summed E-state index contributed by atoms with van der Waals surface area (Å²) in [5.74, 6) is -1.10. The Labute approximate surface area is 113 Å². The van der Waals surface area contributed by atoms with Gasteiger partial charge in [-0.2, -0.15) is 0 Å². The van der Waals surface area contributed by atoms with E-state index in [0.29, 0.717) is 11.3 Å². The lowest BCUT2D eigenvalue weighted by Crippen LogP contribution is -2.35. The van der Waals surface area contributed by atoms with Crippen molar-refractivity contribution in [1.29, 1.82) is 0 Å². The number of anilines is 1. The molecule has 0 aromatic heterocycles. The molecule has 1 aromatic rings. The molecule has 1 N–H and O–H groups in total. The van der Waals surface area contributed by atoms with E-state index in [4.69, 9.17) is 5.11 Å². The molecular weight excluding hydrogens is 266 g/mol. The normalized spacial score (nSPS) is 13.8. The van der Waals surface area contributed by atoms with Gasteiger partial charge in [-0.3, -0.25) is 4.31 Å². The van der Waals surface area contributed by atoms with Crippen molar-refractivity contribution in [3.05, 3.63) is 35.4 Å². The molecular formula is C13H17NO4S. The van der Waals surface area contributed by atoms with Crippen LogP contribution in [0.15, 0.2) is 29.8 Å². The fraction of sp³-hybridized carbons (Fsp3) is 0.308. The molecule has 0 saturated heterocycles. The summed E-state index contributed by atoms with van der Waals surface area (Å²) in [6.07, 6.45) is 2.56. The number of aliphatic carboxylic acids is 1. The van der Waals surface area contributed by atoms with E-state index in [-0.39, 0.29) is 12.1 Å². The van der Waals surface area contributed by atoms with Crippen LogP contribution in [0.25, 0.3) is 6.08 Å². The van der Waals surface area contributed by atoms with Gasteiger partial charge in [-0.05, 0) is 17.7 Å². The molecule has 0 aliphatic carbocycles. The summed E-state index contributed by atoms with van der Waals surface area (Å²) in [6.45, 7) is 3.87. The molecule has 6 heteroatoms. The third-order valence-electron chi connectivity index (χ3n) is 2.52. The van der Waals surface area contributed by atoms with E-state index >= 15 is 0 Å². The Bertz CT molecular complexity index is 605. The zero-order chi connectivity index (χ0) is 14.6. The zero-order valence-corrected chi connectivity index (χ0v) is 11.9. The number of carboxylic acids is 1. The highest BCUT2D eigenvalue weighted by Gasteiger charge is 2.27. The predicted molar refractivity (Wildman–Crippen MR) is 75.6 cm³/mol. The second-order valence-corrected chi connectivity index (χ2v) is 5.71. The molecule has 0 saturated carbocycles. The van der Waals surface area contributed by atoms with E-state index in [2.05, 4.69) is 0 Å². The topological polar surface area (TPSA) is 74.7 Å². The minimum Gasteiger partial charge on any atom is -0.478 e. The van der Waals surface area contributed by atoms with Crippen molar-refractivity contribution in [2.75, 3.05) is 17.1 Å². The van der Waals surface area contributed by atoms with Gasteiger partial charge in [0.25, 0.3) is 0 Å². The minimum absolute atomic E-state index is 0.0640. The highest BCUT2D eigenvalue weighted by Crippen LogP contribution is 2.30. The van der Waals surface area contributed by atoms with E-state index in [1.54, 1.807) is 24.3 Å². The molecule has 2 rings (SSSR count). The highest BCUT2D eigenvalue weighted by atomic mass is 32.2. The Hall–Kier alpha value is -1.82. The first-order valence-corrected chi connectivity index (χ1v) is 7.75. The first kappa shape index (κ1) is 15.2. The Kier molecular flexibility index (Phi) is 4.72. The lowest BCUT2D eigenvalue weighted by Gasteiger charge is -2.27. The number of fused-ring (bicyclic) bond motifs is 1. The standard InChI is InChI=1S/C11H11NO4S.C2H6/c1-17(15,16)12-7-9(11(13)14)6-8-4-2-3-5-10(8)12;1-2/h2-6H,7H2,1H3,(H,13,14);1-2H3. The van der Waals surface area contributed by atoms with Gasteiger partial charge in [-0.15, -0.1) is 0 Å². The molecule has 5 nitrogen and oxygen atoms in total. The van der Waals surface area contributed by atoms with E-state index in [9.17, 15) is 13.2 Å². The van der Waals surface area contributed by atoms with Crippen LogP contribution in [0.5, 0.6) is 0 Å². The summed E-state index contributed by atoms with van der Waals surface area (Å²) < 4.78 is 24.3. The molecule has 0 spiro atoms. The lowest BCUT2D eigenvalue weighted by atomic mass is 10.0. The number of sulfonamides is 1. The summed E-state index contributed by atoms with van der Waals surface area (Å²) in [7, 11) is -3.48. The van der Waals surface area contributed by atoms with Gasteiger partial charge in [0.1, 0.15) is 0 Å². The number of carbonyl (C=O) groups is 1. The molecule has 1 aliphatic heterocycles. The molecule has 0 amide bonds. The number of hydrogen-bond donors (Lipinski definition) is 1. The van der Waals surface area contributed by atoms with Crippen LogP contribution < -0.4 is 4.31 Å². The average Bonchev–Trinajstić information content (AvgIpc) is 2.38. The van der Waals surface area contributed by atoms with E-state index < -0.39 is 16.0 Å². The number of nitrogens with zero attached hydrogens (tertiary/aromatic N) is 1. The van der Waals surface area contributed by atoms with Gasteiger partial charge in [0.2, 0.25) is 10.0 Å². The Morgan fingerprint density at radius 2 is 1.84 bits per heavy atom. The maximum Gasteiger partial charge on any atom is 0.333 e. The van der Waals surface area contributed by atoms with E-state index in [1.807, 2.05) is 13.8 Å². The fourth-order valence-corrected chi connectivity index (χ4v) is 2.63. The van der Waals surface area contributed by atoms with Gasteiger partial charge >= 0.3 is 5.97 Å². The summed E-state index contributed by atoms with van der Waals surface area (Å²) in [6, 6.07) is 6.80. The second kappa shape index (κ2) is 5.88. The average molecular weight is 283 g/mol. The maximum atomic E-state index is 11.6. The second-order valence-electron chi connectivity index (χ2n) is 3.80. The molecule has 0 radical (unpaired) electrons. The van der Waals surface area contributed by atoms with E-state index in [0.717, 1.165) is 10.6 Å². The van der Waals surface area contributed by atoms with Crippen LogP contribution in [0.2, 0.25) is 0 Å². The van der Waals surface area contributed by atoms with Gasteiger partial charge < -0.3 is 5.11 Å². The Morgan fingerprint density at radius 3 is 2.37 bits per heavy atom. The molecule has 0 atom stereocenters. The number of rotatable bonds is 2. The maximum absolute atomic E-state index is 11.6. The first-order chi connectivity index (χ1) is 8.89. The number of hydrogen-bond acceptors (Lipinski definition) is 3. The van der Waals surface area contributed by atoms with Crippen LogP contribution in [-0.4, -0.2) is 32.3 Å². The third kappa shape index (κ3) is 3.35. The van der Waals surface area contributed by atoms with Crippen LogP contribution in [0, 0.1) is 0 Å².